The highest BCUT2D eigenvalue weighted by Gasteiger charge is 2.24. The maximum atomic E-state index is 11.6. The minimum Gasteiger partial charge on any atom is -0.482 e. The third kappa shape index (κ3) is 2.41. The highest BCUT2D eigenvalue weighted by atomic mass is 16.5. The van der Waals surface area contributed by atoms with E-state index in [9.17, 15) is 4.79 Å². The first-order chi connectivity index (χ1) is 12.8. The standard InChI is InChI=1S/C19H15N5O2/c25-18-10-26-17-7-6-13(8-15(17)22-18)14-9-16(12-4-2-1-3-5-12)24-19(23-14)20-11-21-24/h1-9,11,16H,10H2,(H,22,25)(H,20,21,23). The average molecular weight is 345 g/mol. The Morgan fingerprint density at radius 1 is 1.12 bits per heavy atom. The Morgan fingerprint density at radius 2 is 2.00 bits per heavy atom. The number of nitrogens with one attached hydrogen (secondary N) is 2. The molecule has 1 atom stereocenters. The second-order valence-corrected chi connectivity index (χ2v) is 6.14. The van der Waals surface area contributed by atoms with Crippen molar-refractivity contribution in [1.82, 2.24) is 14.8 Å². The van der Waals surface area contributed by atoms with Gasteiger partial charge in [-0.25, -0.2) is 4.68 Å². The van der Waals surface area contributed by atoms with E-state index in [1.54, 1.807) is 0 Å². The van der Waals surface area contributed by atoms with Gasteiger partial charge in [-0.05, 0) is 29.8 Å². The van der Waals surface area contributed by atoms with Crippen LogP contribution in [0.15, 0.2) is 60.9 Å². The quantitative estimate of drug-likeness (QED) is 0.746. The van der Waals surface area contributed by atoms with E-state index in [0.717, 1.165) is 16.8 Å². The van der Waals surface area contributed by atoms with Crippen molar-refractivity contribution >= 4 is 23.2 Å². The second kappa shape index (κ2) is 5.73. The van der Waals surface area contributed by atoms with Crippen molar-refractivity contribution in [3.63, 3.8) is 0 Å². The monoisotopic (exact) mass is 345 g/mol. The first kappa shape index (κ1) is 14.7. The van der Waals surface area contributed by atoms with Crippen molar-refractivity contribution < 1.29 is 9.53 Å². The summed E-state index contributed by atoms with van der Waals surface area (Å²) in [7, 11) is 0. The van der Waals surface area contributed by atoms with Gasteiger partial charge in [-0.3, -0.25) is 4.79 Å². The van der Waals surface area contributed by atoms with E-state index in [4.69, 9.17) is 4.74 Å². The maximum absolute atomic E-state index is 11.6. The van der Waals surface area contributed by atoms with Crippen LogP contribution in [-0.4, -0.2) is 27.3 Å². The number of hydrogen-bond acceptors (Lipinski definition) is 5. The lowest BCUT2D eigenvalue weighted by atomic mass is 10.0. The van der Waals surface area contributed by atoms with E-state index in [2.05, 4.69) is 38.9 Å². The number of carbonyl (C=O) groups is 1. The van der Waals surface area contributed by atoms with Crippen LogP contribution in [0.3, 0.4) is 0 Å². The van der Waals surface area contributed by atoms with Crippen molar-refractivity contribution in [2.24, 2.45) is 0 Å². The third-order valence-electron chi connectivity index (χ3n) is 4.47. The number of fused-ring (bicyclic) bond motifs is 2. The Morgan fingerprint density at radius 3 is 2.88 bits per heavy atom. The summed E-state index contributed by atoms with van der Waals surface area (Å²) in [5.74, 6) is 1.20. The van der Waals surface area contributed by atoms with Gasteiger partial charge in [-0.15, -0.1) is 0 Å². The highest BCUT2D eigenvalue weighted by molar-refractivity contribution is 5.96. The lowest BCUT2D eigenvalue weighted by Gasteiger charge is -2.25. The van der Waals surface area contributed by atoms with Gasteiger partial charge in [0.15, 0.2) is 6.61 Å². The van der Waals surface area contributed by atoms with Gasteiger partial charge in [-0.1, -0.05) is 30.3 Å². The molecule has 3 aromatic rings. The predicted octanol–water partition coefficient (Wildman–Crippen LogP) is 2.67. The largest absolute Gasteiger partial charge is 0.482 e. The van der Waals surface area contributed by atoms with Crippen molar-refractivity contribution in [2.45, 2.75) is 6.04 Å². The topological polar surface area (TPSA) is 81.1 Å². The van der Waals surface area contributed by atoms with Gasteiger partial charge in [-0.2, -0.15) is 10.1 Å². The smallest absolute Gasteiger partial charge is 0.262 e. The fourth-order valence-corrected chi connectivity index (χ4v) is 3.24. The number of benzene rings is 2. The van der Waals surface area contributed by atoms with E-state index >= 15 is 0 Å². The van der Waals surface area contributed by atoms with Crippen LogP contribution in [0.1, 0.15) is 17.2 Å². The zero-order valence-electron chi connectivity index (χ0n) is 13.7. The van der Waals surface area contributed by atoms with Crippen LogP contribution in [-0.2, 0) is 4.79 Å². The number of ether oxygens (including phenoxy) is 1. The van der Waals surface area contributed by atoms with Crippen molar-refractivity contribution in [1.29, 1.82) is 0 Å². The average Bonchev–Trinajstić information content (AvgIpc) is 3.16. The van der Waals surface area contributed by atoms with E-state index in [-0.39, 0.29) is 18.6 Å². The molecule has 128 valence electrons. The molecule has 1 amide bonds. The molecule has 0 fully saturated rings. The molecule has 7 nitrogen and oxygen atoms in total. The van der Waals surface area contributed by atoms with E-state index in [1.807, 2.05) is 41.1 Å². The van der Waals surface area contributed by atoms with E-state index in [1.165, 1.54) is 6.33 Å². The number of nitrogens with zero attached hydrogens (tertiary/aromatic N) is 3. The van der Waals surface area contributed by atoms with Crippen LogP contribution in [0.4, 0.5) is 11.6 Å². The van der Waals surface area contributed by atoms with Gasteiger partial charge in [0.25, 0.3) is 5.91 Å². The summed E-state index contributed by atoms with van der Waals surface area (Å²) in [4.78, 5) is 15.9. The molecule has 0 aliphatic carbocycles. The predicted molar refractivity (Wildman–Crippen MR) is 96.8 cm³/mol. The second-order valence-electron chi connectivity index (χ2n) is 6.14. The zero-order valence-corrected chi connectivity index (χ0v) is 13.7. The molecule has 0 bridgehead atoms. The summed E-state index contributed by atoms with van der Waals surface area (Å²) >= 11 is 0. The lowest BCUT2D eigenvalue weighted by molar-refractivity contribution is -0.118. The normalized spacial score (nSPS) is 17.9. The molecule has 0 saturated carbocycles. The summed E-state index contributed by atoms with van der Waals surface area (Å²) in [6.07, 6.45) is 3.64. The molecule has 3 heterocycles. The SMILES string of the molecule is O=C1COc2ccc(C3=CC(c4ccccc4)n4ncnc4N3)cc2N1. The van der Waals surface area contributed by atoms with Crippen molar-refractivity contribution in [3.8, 4) is 5.75 Å². The first-order valence-corrected chi connectivity index (χ1v) is 8.28. The fourth-order valence-electron chi connectivity index (χ4n) is 3.24. The minimum atomic E-state index is -0.151. The van der Waals surface area contributed by atoms with Crippen LogP contribution in [0, 0.1) is 0 Å². The van der Waals surface area contributed by atoms with Gasteiger partial charge < -0.3 is 15.4 Å². The summed E-state index contributed by atoms with van der Waals surface area (Å²) in [5, 5.41) is 10.5. The van der Waals surface area contributed by atoms with Crippen molar-refractivity contribution in [2.75, 3.05) is 17.2 Å². The number of hydrogen-bond donors (Lipinski definition) is 2. The molecule has 0 saturated heterocycles. The summed E-state index contributed by atoms with van der Waals surface area (Å²) in [5.41, 5.74) is 3.63. The Kier molecular flexibility index (Phi) is 3.24. The Balaban J connectivity index is 1.58. The summed E-state index contributed by atoms with van der Waals surface area (Å²) < 4.78 is 7.28. The van der Waals surface area contributed by atoms with Crippen LogP contribution < -0.4 is 15.4 Å². The number of anilines is 2. The van der Waals surface area contributed by atoms with Gasteiger partial charge in [0, 0.05) is 11.3 Å². The van der Waals surface area contributed by atoms with E-state index < -0.39 is 0 Å². The van der Waals surface area contributed by atoms with Crippen LogP contribution >= 0.6 is 0 Å². The fraction of sp³-hybridized carbons (Fsp3) is 0.105. The first-order valence-electron chi connectivity index (χ1n) is 8.28. The number of carbonyl (C=O) groups excluding carboxylic acids is 1. The number of rotatable bonds is 2. The Labute approximate surface area is 149 Å². The molecular formula is C19H15N5O2. The maximum Gasteiger partial charge on any atom is 0.262 e. The van der Waals surface area contributed by atoms with E-state index in [0.29, 0.717) is 17.4 Å². The Hall–Kier alpha value is -3.61. The number of amides is 1. The number of aromatic nitrogens is 3. The highest BCUT2D eigenvalue weighted by Crippen LogP contribution is 2.35. The van der Waals surface area contributed by atoms with Crippen LogP contribution in [0.2, 0.25) is 0 Å². The summed E-state index contributed by atoms with van der Waals surface area (Å²) in [6, 6.07) is 15.8. The molecule has 2 aliphatic heterocycles. The summed E-state index contributed by atoms with van der Waals surface area (Å²) in [6.45, 7) is 0.0481. The zero-order chi connectivity index (χ0) is 17.5. The molecule has 2 aromatic carbocycles. The molecule has 0 spiro atoms. The van der Waals surface area contributed by atoms with Gasteiger partial charge >= 0.3 is 0 Å². The molecule has 1 aromatic heterocycles. The van der Waals surface area contributed by atoms with Crippen LogP contribution in [0.5, 0.6) is 5.75 Å². The van der Waals surface area contributed by atoms with Gasteiger partial charge in [0.05, 0.1) is 5.69 Å². The van der Waals surface area contributed by atoms with Crippen molar-refractivity contribution in [3.05, 3.63) is 72.1 Å². The molecule has 26 heavy (non-hydrogen) atoms. The minimum absolute atomic E-state index is 0.0481. The lowest BCUT2D eigenvalue weighted by Crippen LogP contribution is -2.25. The molecule has 2 N–H and O–H groups in total. The van der Waals surface area contributed by atoms with Gasteiger partial charge in [0.1, 0.15) is 18.1 Å². The molecular weight excluding hydrogens is 330 g/mol. The molecule has 1 unspecified atom stereocenters. The van der Waals surface area contributed by atoms with Crippen LogP contribution in [0.25, 0.3) is 5.70 Å². The molecule has 7 heteroatoms. The molecule has 2 aliphatic rings. The third-order valence-corrected chi connectivity index (χ3v) is 4.47. The molecule has 0 radical (unpaired) electrons. The van der Waals surface area contributed by atoms with Gasteiger partial charge in [0.2, 0.25) is 5.95 Å². The number of allylic oxidation sites excluding steroid dienone is 1. The molecule has 5 rings (SSSR count). The Bertz CT molecular complexity index is 1030.